The molecular formula is C13H12F3N3O. The van der Waals surface area contributed by atoms with E-state index in [1.54, 1.807) is 24.0 Å². The van der Waals surface area contributed by atoms with Crippen LogP contribution in [-0.4, -0.2) is 15.5 Å². The molecule has 0 saturated heterocycles. The first-order valence-electron chi connectivity index (χ1n) is 5.79. The Kier molecular flexibility index (Phi) is 3.78. The van der Waals surface area contributed by atoms with Gasteiger partial charge in [0.25, 0.3) is 5.91 Å². The number of hydrogen-bond acceptors (Lipinski definition) is 2. The van der Waals surface area contributed by atoms with Gasteiger partial charge >= 0.3 is 6.18 Å². The first-order valence-corrected chi connectivity index (χ1v) is 5.79. The van der Waals surface area contributed by atoms with Crippen molar-refractivity contribution < 1.29 is 18.0 Å². The molecule has 1 amide bonds. The van der Waals surface area contributed by atoms with Crippen molar-refractivity contribution in [3.8, 4) is 0 Å². The maximum atomic E-state index is 12.4. The molecule has 0 spiro atoms. The fraction of sp³-hybridized carbons (Fsp3) is 0.231. The summed E-state index contributed by atoms with van der Waals surface area (Å²) in [6.45, 7) is 0.212. The number of nitrogens with one attached hydrogen (secondary N) is 1. The van der Waals surface area contributed by atoms with Crippen molar-refractivity contribution in [2.24, 2.45) is 7.05 Å². The van der Waals surface area contributed by atoms with Gasteiger partial charge in [0.1, 0.15) is 5.82 Å². The Morgan fingerprint density at radius 2 is 1.95 bits per heavy atom. The zero-order valence-electron chi connectivity index (χ0n) is 10.6. The van der Waals surface area contributed by atoms with Crippen LogP contribution >= 0.6 is 0 Å². The molecule has 106 valence electrons. The molecule has 0 unspecified atom stereocenters. The molecular weight excluding hydrogens is 271 g/mol. The summed E-state index contributed by atoms with van der Waals surface area (Å²) in [5, 5.41) is 2.60. The Labute approximate surface area is 113 Å². The highest BCUT2D eigenvalue weighted by molar-refractivity contribution is 5.94. The van der Waals surface area contributed by atoms with Gasteiger partial charge in [-0.15, -0.1) is 0 Å². The van der Waals surface area contributed by atoms with E-state index in [9.17, 15) is 18.0 Å². The van der Waals surface area contributed by atoms with Gasteiger partial charge in [-0.05, 0) is 24.3 Å². The molecule has 0 radical (unpaired) electrons. The minimum Gasteiger partial charge on any atom is -0.345 e. The van der Waals surface area contributed by atoms with Crippen LogP contribution < -0.4 is 5.32 Å². The molecule has 1 aromatic heterocycles. The number of carbonyl (C=O) groups is 1. The molecule has 0 aliphatic carbocycles. The summed E-state index contributed by atoms with van der Waals surface area (Å²) < 4.78 is 38.9. The highest BCUT2D eigenvalue weighted by Gasteiger charge is 2.30. The number of hydrogen-bond donors (Lipinski definition) is 1. The smallest absolute Gasteiger partial charge is 0.345 e. The van der Waals surface area contributed by atoms with Gasteiger partial charge in [-0.3, -0.25) is 4.79 Å². The summed E-state index contributed by atoms with van der Waals surface area (Å²) in [4.78, 5) is 15.8. The van der Waals surface area contributed by atoms with E-state index in [0.717, 1.165) is 24.3 Å². The first-order chi connectivity index (χ1) is 9.38. The highest BCUT2D eigenvalue weighted by Crippen LogP contribution is 2.29. The largest absolute Gasteiger partial charge is 0.416 e. The molecule has 0 fully saturated rings. The number of imidazole rings is 1. The van der Waals surface area contributed by atoms with E-state index < -0.39 is 17.6 Å². The Balaban J connectivity index is 2.01. The van der Waals surface area contributed by atoms with Gasteiger partial charge in [0.2, 0.25) is 0 Å². The van der Waals surface area contributed by atoms with E-state index >= 15 is 0 Å². The Morgan fingerprint density at radius 1 is 1.30 bits per heavy atom. The van der Waals surface area contributed by atoms with Crippen LogP contribution in [0.2, 0.25) is 0 Å². The fourth-order valence-corrected chi connectivity index (χ4v) is 1.64. The summed E-state index contributed by atoms with van der Waals surface area (Å²) in [5.41, 5.74) is -0.606. The average Bonchev–Trinajstić information content (AvgIpc) is 2.81. The van der Waals surface area contributed by atoms with Gasteiger partial charge in [0.05, 0.1) is 12.1 Å². The van der Waals surface area contributed by atoms with Gasteiger partial charge in [0, 0.05) is 25.0 Å². The molecule has 4 nitrogen and oxygen atoms in total. The molecule has 0 atom stereocenters. The molecule has 1 heterocycles. The minimum atomic E-state index is -4.40. The third-order valence-corrected chi connectivity index (χ3v) is 2.80. The SMILES string of the molecule is Cn1ccnc1CNC(=O)c1ccc(C(F)(F)F)cc1. The van der Waals surface area contributed by atoms with Gasteiger partial charge in [-0.25, -0.2) is 4.98 Å². The molecule has 0 aliphatic rings. The average molecular weight is 283 g/mol. The lowest BCUT2D eigenvalue weighted by molar-refractivity contribution is -0.137. The van der Waals surface area contributed by atoms with E-state index in [1.165, 1.54) is 0 Å². The number of aromatic nitrogens is 2. The van der Waals surface area contributed by atoms with E-state index in [-0.39, 0.29) is 12.1 Å². The lowest BCUT2D eigenvalue weighted by Crippen LogP contribution is -2.24. The second-order valence-corrected chi connectivity index (χ2v) is 4.21. The van der Waals surface area contributed by atoms with Crippen molar-refractivity contribution in [1.82, 2.24) is 14.9 Å². The second-order valence-electron chi connectivity index (χ2n) is 4.21. The van der Waals surface area contributed by atoms with Crippen LogP contribution in [0.25, 0.3) is 0 Å². The quantitative estimate of drug-likeness (QED) is 0.940. The summed E-state index contributed by atoms with van der Waals surface area (Å²) in [6, 6.07) is 4.07. The van der Waals surface area contributed by atoms with Crippen LogP contribution in [0.4, 0.5) is 13.2 Å². The van der Waals surface area contributed by atoms with E-state index in [2.05, 4.69) is 10.3 Å². The van der Waals surface area contributed by atoms with Crippen LogP contribution in [-0.2, 0) is 19.8 Å². The molecule has 0 aliphatic heterocycles. The van der Waals surface area contributed by atoms with Crippen molar-refractivity contribution in [3.05, 3.63) is 53.6 Å². The highest BCUT2D eigenvalue weighted by atomic mass is 19.4. The number of aryl methyl sites for hydroxylation is 1. The van der Waals surface area contributed by atoms with Gasteiger partial charge in [0.15, 0.2) is 0 Å². The van der Waals surface area contributed by atoms with E-state index in [4.69, 9.17) is 0 Å². The number of amides is 1. The molecule has 1 aromatic carbocycles. The minimum absolute atomic E-state index is 0.173. The van der Waals surface area contributed by atoms with Crippen LogP contribution in [0, 0.1) is 0 Å². The van der Waals surface area contributed by atoms with Crippen molar-refractivity contribution in [1.29, 1.82) is 0 Å². The van der Waals surface area contributed by atoms with E-state index in [0.29, 0.717) is 5.82 Å². The maximum Gasteiger partial charge on any atom is 0.416 e. The van der Waals surface area contributed by atoms with Crippen molar-refractivity contribution in [2.75, 3.05) is 0 Å². The summed E-state index contributed by atoms with van der Waals surface area (Å²) >= 11 is 0. The molecule has 0 bridgehead atoms. The summed E-state index contributed by atoms with van der Waals surface area (Å²) in [7, 11) is 1.78. The molecule has 2 rings (SSSR count). The van der Waals surface area contributed by atoms with Crippen LogP contribution in [0.5, 0.6) is 0 Å². The number of benzene rings is 1. The van der Waals surface area contributed by atoms with Crippen LogP contribution in [0.1, 0.15) is 21.7 Å². The molecule has 2 aromatic rings. The summed E-state index contributed by atoms with van der Waals surface area (Å²) in [5.74, 6) is 0.215. The van der Waals surface area contributed by atoms with Crippen LogP contribution in [0.3, 0.4) is 0 Å². The second kappa shape index (κ2) is 5.36. The predicted molar refractivity (Wildman–Crippen MR) is 65.8 cm³/mol. The lowest BCUT2D eigenvalue weighted by atomic mass is 10.1. The van der Waals surface area contributed by atoms with Crippen molar-refractivity contribution >= 4 is 5.91 Å². The zero-order chi connectivity index (χ0) is 14.8. The van der Waals surface area contributed by atoms with Crippen LogP contribution in [0.15, 0.2) is 36.7 Å². The predicted octanol–water partition coefficient (Wildman–Crippen LogP) is 2.37. The number of halogens is 3. The normalized spacial score (nSPS) is 11.4. The number of nitrogens with zero attached hydrogens (tertiary/aromatic N) is 2. The fourth-order valence-electron chi connectivity index (χ4n) is 1.64. The Hall–Kier alpha value is -2.31. The Bertz CT molecular complexity index is 602. The van der Waals surface area contributed by atoms with Gasteiger partial charge in [-0.2, -0.15) is 13.2 Å². The Morgan fingerprint density at radius 3 is 2.45 bits per heavy atom. The maximum absolute atomic E-state index is 12.4. The first kappa shape index (κ1) is 14.1. The summed E-state index contributed by atoms with van der Waals surface area (Å²) in [6.07, 6.45) is -1.07. The van der Waals surface area contributed by atoms with E-state index in [1.807, 2.05) is 0 Å². The molecule has 1 N–H and O–H groups in total. The molecule has 20 heavy (non-hydrogen) atoms. The van der Waals surface area contributed by atoms with Crippen molar-refractivity contribution in [3.63, 3.8) is 0 Å². The lowest BCUT2D eigenvalue weighted by Gasteiger charge is -2.08. The third kappa shape index (κ3) is 3.17. The number of alkyl halides is 3. The monoisotopic (exact) mass is 283 g/mol. The number of rotatable bonds is 3. The van der Waals surface area contributed by atoms with Crippen molar-refractivity contribution in [2.45, 2.75) is 12.7 Å². The molecule has 0 saturated carbocycles. The van der Waals surface area contributed by atoms with Gasteiger partial charge < -0.3 is 9.88 Å². The standard InChI is InChI=1S/C13H12F3N3O/c1-19-7-6-17-11(19)8-18-12(20)9-2-4-10(5-3-9)13(14,15)16/h2-7H,8H2,1H3,(H,18,20). The topological polar surface area (TPSA) is 46.9 Å². The zero-order valence-corrected chi connectivity index (χ0v) is 10.6. The van der Waals surface area contributed by atoms with Gasteiger partial charge in [-0.1, -0.05) is 0 Å². The number of carbonyl (C=O) groups excluding carboxylic acids is 1. The third-order valence-electron chi connectivity index (χ3n) is 2.80. The molecule has 7 heteroatoms.